The molecule has 0 spiro atoms. The highest BCUT2D eigenvalue weighted by Gasteiger charge is 2.14. The number of carbonyl (C=O) groups is 1. The van der Waals surface area contributed by atoms with Crippen molar-refractivity contribution >= 4 is 5.91 Å². The molecule has 1 aromatic heterocycles. The standard InChI is InChI=1S/C14H21N3O2/c15-10-12-9-11(4-6-16-12)14(18)17-7-5-13-3-1-2-8-19-13/h4,6,9,13H,1-3,5,7-8,10,15H2,(H,17,18). The maximum Gasteiger partial charge on any atom is 0.251 e. The van der Waals surface area contributed by atoms with E-state index < -0.39 is 0 Å². The summed E-state index contributed by atoms with van der Waals surface area (Å²) in [5, 5.41) is 2.91. The van der Waals surface area contributed by atoms with Crippen molar-refractivity contribution in [2.24, 2.45) is 5.73 Å². The van der Waals surface area contributed by atoms with E-state index in [1.807, 2.05) is 0 Å². The quantitative estimate of drug-likeness (QED) is 0.837. The summed E-state index contributed by atoms with van der Waals surface area (Å²) in [4.78, 5) is 16.0. The van der Waals surface area contributed by atoms with Crippen molar-refractivity contribution in [3.8, 4) is 0 Å². The Labute approximate surface area is 113 Å². The summed E-state index contributed by atoms with van der Waals surface area (Å²) in [5.41, 5.74) is 6.84. The van der Waals surface area contributed by atoms with Gasteiger partial charge in [-0.2, -0.15) is 0 Å². The summed E-state index contributed by atoms with van der Waals surface area (Å²) in [5.74, 6) is -0.0760. The van der Waals surface area contributed by atoms with Crippen LogP contribution in [0.4, 0.5) is 0 Å². The summed E-state index contributed by atoms with van der Waals surface area (Å²) in [6.07, 6.45) is 6.26. The Morgan fingerprint density at radius 1 is 1.53 bits per heavy atom. The number of amides is 1. The molecule has 0 aliphatic carbocycles. The molecule has 1 unspecified atom stereocenters. The van der Waals surface area contributed by atoms with Crippen LogP contribution in [0.1, 0.15) is 41.7 Å². The van der Waals surface area contributed by atoms with E-state index >= 15 is 0 Å². The number of ether oxygens (including phenoxy) is 1. The van der Waals surface area contributed by atoms with Gasteiger partial charge in [0.25, 0.3) is 5.91 Å². The zero-order valence-corrected chi connectivity index (χ0v) is 11.1. The highest BCUT2D eigenvalue weighted by Crippen LogP contribution is 2.14. The van der Waals surface area contributed by atoms with E-state index in [1.165, 1.54) is 6.42 Å². The van der Waals surface area contributed by atoms with Crippen molar-refractivity contribution in [3.05, 3.63) is 29.6 Å². The van der Waals surface area contributed by atoms with Crippen LogP contribution in [0, 0.1) is 0 Å². The summed E-state index contributed by atoms with van der Waals surface area (Å²) < 4.78 is 5.62. The molecule has 1 amide bonds. The largest absolute Gasteiger partial charge is 0.378 e. The summed E-state index contributed by atoms with van der Waals surface area (Å²) in [6, 6.07) is 3.43. The van der Waals surface area contributed by atoms with Gasteiger partial charge in [-0.05, 0) is 37.8 Å². The zero-order chi connectivity index (χ0) is 13.5. The Morgan fingerprint density at radius 2 is 2.42 bits per heavy atom. The minimum absolute atomic E-state index is 0.0760. The number of rotatable bonds is 5. The van der Waals surface area contributed by atoms with Gasteiger partial charge in [0.05, 0.1) is 11.8 Å². The number of nitrogens with one attached hydrogen (secondary N) is 1. The molecule has 1 aliphatic heterocycles. The van der Waals surface area contributed by atoms with E-state index in [-0.39, 0.29) is 5.91 Å². The molecule has 1 fully saturated rings. The van der Waals surface area contributed by atoms with Crippen molar-refractivity contribution in [2.75, 3.05) is 13.2 Å². The molecule has 2 rings (SSSR count). The third-order valence-electron chi connectivity index (χ3n) is 3.31. The number of hydrogen-bond acceptors (Lipinski definition) is 4. The first-order valence-corrected chi connectivity index (χ1v) is 6.84. The van der Waals surface area contributed by atoms with Gasteiger partial charge >= 0.3 is 0 Å². The van der Waals surface area contributed by atoms with Gasteiger partial charge in [-0.1, -0.05) is 0 Å². The van der Waals surface area contributed by atoms with Gasteiger partial charge in [-0.25, -0.2) is 0 Å². The minimum atomic E-state index is -0.0760. The van der Waals surface area contributed by atoms with Gasteiger partial charge in [0.2, 0.25) is 0 Å². The lowest BCUT2D eigenvalue weighted by Crippen LogP contribution is -2.29. The van der Waals surface area contributed by atoms with Crippen molar-refractivity contribution < 1.29 is 9.53 Å². The molecular weight excluding hydrogens is 242 g/mol. The molecule has 3 N–H and O–H groups in total. The molecule has 0 aromatic carbocycles. The third-order valence-corrected chi connectivity index (χ3v) is 3.31. The molecular formula is C14H21N3O2. The first-order valence-electron chi connectivity index (χ1n) is 6.84. The average molecular weight is 263 g/mol. The molecule has 1 saturated heterocycles. The lowest BCUT2D eigenvalue weighted by atomic mass is 10.1. The monoisotopic (exact) mass is 263 g/mol. The molecule has 2 heterocycles. The highest BCUT2D eigenvalue weighted by atomic mass is 16.5. The Balaban J connectivity index is 1.77. The normalized spacial score (nSPS) is 19.1. The van der Waals surface area contributed by atoms with E-state index in [1.54, 1.807) is 18.3 Å². The second-order valence-corrected chi connectivity index (χ2v) is 4.77. The van der Waals surface area contributed by atoms with E-state index in [0.29, 0.717) is 24.8 Å². The number of nitrogens with two attached hydrogens (primary N) is 1. The topological polar surface area (TPSA) is 77.2 Å². The van der Waals surface area contributed by atoms with Crippen LogP contribution in [0.15, 0.2) is 18.3 Å². The Bertz CT molecular complexity index is 417. The second kappa shape index (κ2) is 7.21. The van der Waals surface area contributed by atoms with Gasteiger partial charge in [0.15, 0.2) is 0 Å². The lowest BCUT2D eigenvalue weighted by molar-refractivity contribution is 0.0117. The predicted octanol–water partition coefficient (Wildman–Crippen LogP) is 1.23. The highest BCUT2D eigenvalue weighted by molar-refractivity contribution is 5.94. The number of hydrogen-bond donors (Lipinski definition) is 2. The Hall–Kier alpha value is -1.46. The molecule has 1 aliphatic rings. The smallest absolute Gasteiger partial charge is 0.251 e. The fourth-order valence-corrected chi connectivity index (χ4v) is 2.21. The average Bonchev–Trinajstić information content (AvgIpc) is 2.48. The van der Waals surface area contributed by atoms with Crippen molar-refractivity contribution in [2.45, 2.75) is 38.3 Å². The summed E-state index contributed by atoms with van der Waals surface area (Å²) >= 11 is 0. The van der Waals surface area contributed by atoms with E-state index in [2.05, 4.69) is 10.3 Å². The minimum Gasteiger partial charge on any atom is -0.378 e. The number of pyridine rings is 1. The molecule has 104 valence electrons. The molecule has 5 heteroatoms. The first kappa shape index (κ1) is 14.0. The zero-order valence-electron chi connectivity index (χ0n) is 11.1. The summed E-state index contributed by atoms with van der Waals surface area (Å²) in [7, 11) is 0. The maximum absolute atomic E-state index is 11.9. The van der Waals surface area contributed by atoms with Gasteiger partial charge in [-0.15, -0.1) is 0 Å². The van der Waals surface area contributed by atoms with Crippen LogP contribution in [0.2, 0.25) is 0 Å². The van der Waals surface area contributed by atoms with Crippen LogP contribution in [0.3, 0.4) is 0 Å². The Morgan fingerprint density at radius 3 is 3.16 bits per heavy atom. The van der Waals surface area contributed by atoms with Crippen LogP contribution in [-0.4, -0.2) is 30.1 Å². The van der Waals surface area contributed by atoms with E-state index in [0.717, 1.165) is 31.6 Å². The molecule has 1 atom stereocenters. The van der Waals surface area contributed by atoms with Gasteiger partial charge in [0, 0.05) is 31.5 Å². The molecule has 0 saturated carbocycles. The van der Waals surface area contributed by atoms with E-state index in [4.69, 9.17) is 10.5 Å². The van der Waals surface area contributed by atoms with Crippen molar-refractivity contribution in [1.29, 1.82) is 0 Å². The van der Waals surface area contributed by atoms with Crippen molar-refractivity contribution in [3.63, 3.8) is 0 Å². The van der Waals surface area contributed by atoms with Crippen LogP contribution in [0.25, 0.3) is 0 Å². The van der Waals surface area contributed by atoms with Crippen LogP contribution < -0.4 is 11.1 Å². The summed E-state index contributed by atoms with van der Waals surface area (Å²) in [6.45, 7) is 1.84. The van der Waals surface area contributed by atoms with Gasteiger partial charge in [-0.3, -0.25) is 9.78 Å². The third kappa shape index (κ3) is 4.29. The maximum atomic E-state index is 11.9. The Kier molecular flexibility index (Phi) is 5.30. The molecule has 0 radical (unpaired) electrons. The van der Waals surface area contributed by atoms with Crippen LogP contribution in [0.5, 0.6) is 0 Å². The van der Waals surface area contributed by atoms with Gasteiger partial charge < -0.3 is 15.8 Å². The predicted molar refractivity (Wildman–Crippen MR) is 72.7 cm³/mol. The number of nitrogens with zero attached hydrogens (tertiary/aromatic N) is 1. The van der Waals surface area contributed by atoms with Crippen LogP contribution >= 0.6 is 0 Å². The van der Waals surface area contributed by atoms with E-state index in [9.17, 15) is 4.79 Å². The number of carbonyl (C=O) groups excluding carboxylic acids is 1. The first-order chi connectivity index (χ1) is 9.29. The lowest BCUT2D eigenvalue weighted by Gasteiger charge is -2.22. The molecule has 1 aromatic rings. The second-order valence-electron chi connectivity index (χ2n) is 4.77. The SMILES string of the molecule is NCc1cc(C(=O)NCCC2CCCCO2)ccn1. The van der Waals surface area contributed by atoms with Crippen LogP contribution in [-0.2, 0) is 11.3 Å². The fourth-order valence-electron chi connectivity index (χ4n) is 2.21. The molecule has 19 heavy (non-hydrogen) atoms. The number of aromatic nitrogens is 1. The molecule has 0 bridgehead atoms. The van der Waals surface area contributed by atoms with Gasteiger partial charge in [0.1, 0.15) is 0 Å². The fraction of sp³-hybridized carbons (Fsp3) is 0.571. The van der Waals surface area contributed by atoms with Crippen molar-refractivity contribution in [1.82, 2.24) is 10.3 Å². The molecule has 5 nitrogen and oxygen atoms in total.